The maximum absolute atomic E-state index is 12.0. The topological polar surface area (TPSA) is 46.5 Å². The Morgan fingerprint density at radius 3 is 2.75 bits per heavy atom. The molecule has 1 N–H and O–H groups in total. The van der Waals surface area contributed by atoms with Crippen LogP contribution in [-0.2, 0) is 0 Å². The lowest BCUT2D eigenvalue weighted by Crippen LogP contribution is -1.95. The molecule has 0 saturated heterocycles. The standard InChI is InChI=1S/C16H13BrO3/c1-20-16-10-12(6-8-15(16)19)14(18)7-5-11-3-2-4-13(17)9-11/h2-10,19H,1H3/b7-5+. The van der Waals surface area contributed by atoms with E-state index in [1.807, 2.05) is 24.3 Å². The fraction of sp³-hybridized carbons (Fsp3) is 0.0625. The zero-order valence-electron chi connectivity index (χ0n) is 10.8. The summed E-state index contributed by atoms with van der Waals surface area (Å²) < 4.78 is 5.94. The average Bonchev–Trinajstić information content (AvgIpc) is 2.45. The highest BCUT2D eigenvalue weighted by molar-refractivity contribution is 9.10. The number of carbonyl (C=O) groups is 1. The third-order valence-electron chi connectivity index (χ3n) is 2.74. The summed E-state index contributed by atoms with van der Waals surface area (Å²) in [5.41, 5.74) is 1.39. The van der Waals surface area contributed by atoms with Crippen molar-refractivity contribution in [3.8, 4) is 11.5 Å². The minimum atomic E-state index is -0.150. The molecule has 3 nitrogen and oxygen atoms in total. The molecular formula is C16H13BrO3. The van der Waals surface area contributed by atoms with Gasteiger partial charge in [0.25, 0.3) is 0 Å². The first kappa shape index (κ1) is 14.3. The number of methoxy groups -OCH3 is 1. The Morgan fingerprint density at radius 1 is 1.25 bits per heavy atom. The van der Waals surface area contributed by atoms with Crippen LogP contribution < -0.4 is 4.74 Å². The smallest absolute Gasteiger partial charge is 0.185 e. The van der Waals surface area contributed by atoms with E-state index in [9.17, 15) is 9.90 Å². The fourth-order valence-corrected chi connectivity index (χ4v) is 2.13. The Labute approximate surface area is 125 Å². The number of hydrogen-bond acceptors (Lipinski definition) is 3. The fourth-order valence-electron chi connectivity index (χ4n) is 1.71. The Morgan fingerprint density at radius 2 is 2.05 bits per heavy atom. The van der Waals surface area contributed by atoms with E-state index in [1.54, 1.807) is 12.1 Å². The van der Waals surface area contributed by atoms with E-state index >= 15 is 0 Å². The molecule has 0 aliphatic carbocycles. The number of allylic oxidation sites excluding steroid dienone is 1. The lowest BCUT2D eigenvalue weighted by atomic mass is 10.1. The first-order chi connectivity index (χ1) is 9.60. The molecule has 0 fully saturated rings. The number of halogens is 1. The van der Waals surface area contributed by atoms with Crippen molar-refractivity contribution in [1.29, 1.82) is 0 Å². The number of aromatic hydroxyl groups is 1. The first-order valence-electron chi connectivity index (χ1n) is 5.95. The third-order valence-corrected chi connectivity index (χ3v) is 3.23. The van der Waals surface area contributed by atoms with Gasteiger partial charge in [0.2, 0.25) is 0 Å². The van der Waals surface area contributed by atoms with Gasteiger partial charge in [0.1, 0.15) is 0 Å². The molecule has 0 heterocycles. The summed E-state index contributed by atoms with van der Waals surface area (Å²) in [7, 11) is 1.45. The SMILES string of the molecule is COc1cc(C(=O)/C=C/c2cccc(Br)c2)ccc1O. The molecule has 0 aliphatic heterocycles. The molecule has 0 radical (unpaired) electrons. The third kappa shape index (κ3) is 3.48. The van der Waals surface area contributed by atoms with Crippen LogP contribution in [0.2, 0.25) is 0 Å². The van der Waals surface area contributed by atoms with Gasteiger partial charge in [-0.05, 0) is 42.0 Å². The lowest BCUT2D eigenvalue weighted by molar-refractivity contribution is 0.104. The van der Waals surface area contributed by atoms with Crippen LogP contribution >= 0.6 is 15.9 Å². The Hall–Kier alpha value is -2.07. The largest absolute Gasteiger partial charge is 0.504 e. The van der Waals surface area contributed by atoms with Crippen LogP contribution in [0.5, 0.6) is 11.5 Å². The van der Waals surface area contributed by atoms with Gasteiger partial charge in [-0.15, -0.1) is 0 Å². The second-order valence-corrected chi connectivity index (χ2v) is 5.05. The van der Waals surface area contributed by atoms with Gasteiger partial charge in [0.15, 0.2) is 17.3 Å². The van der Waals surface area contributed by atoms with E-state index < -0.39 is 0 Å². The molecule has 102 valence electrons. The van der Waals surface area contributed by atoms with E-state index in [0.29, 0.717) is 5.56 Å². The van der Waals surface area contributed by atoms with E-state index in [1.165, 1.54) is 25.3 Å². The minimum absolute atomic E-state index is 0.0139. The monoisotopic (exact) mass is 332 g/mol. The van der Waals surface area contributed by atoms with E-state index in [-0.39, 0.29) is 17.3 Å². The Bertz CT molecular complexity index is 663. The van der Waals surface area contributed by atoms with Crippen LogP contribution in [0.3, 0.4) is 0 Å². The van der Waals surface area contributed by atoms with Gasteiger partial charge in [0.05, 0.1) is 7.11 Å². The molecule has 0 saturated carbocycles. The van der Waals surface area contributed by atoms with Gasteiger partial charge in [-0.1, -0.05) is 34.1 Å². The number of rotatable bonds is 4. The lowest BCUT2D eigenvalue weighted by Gasteiger charge is -2.04. The average molecular weight is 333 g/mol. The van der Waals surface area contributed by atoms with Crippen LogP contribution in [0.25, 0.3) is 6.08 Å². The van der Waals surface area contributed by atoms with E-state index in [0.717, 1.165) is 10.0 Å². The van der Waals surface area contributed by atoms with E-state index in [4.69, 9.17) is 4.74 Å². The predicted molar refractivity (Wildman–Crippen MR) is 82.2 cm³/mol. The van der Waals surface area contributed by atoms with Crippen molar-refractivity contribution in [1.82, 2.24) is 0 Å². The van der Waals surface area contributed by atoms with Crippen LogP contribution in [0.15, 0.2) is 53.0 Å². The molecule has 0 aliphatic rings. The van der Waals surface area contributed by atoms with Crippen molar-refractivity contribution in [3.63, 3.8) is 0 Å². The molecule has 4 heteroatoms. The molecule has 0 spiro atoms. The molecule has 0 atom stereocenters. The second kappa shape index (κ2) is 6.39. The van der Waals surface area contributed by atoms with Gasteiger partial charge >= 0.3 is 0 Å². The molecule has 20 heavy (non-hydrogen) atoms. The van der Waals surface area contributed by atoms with Crippen LogP contribution in [0, 0.1) is 0 Å². The summed E-state index contributed by atoms with van der Waals surface area (Å²) in [5, 5.41) is 9.50. The van der Waals surface area contributed by atoms with Crippen molar-refractivity contribution in [3.05, 3.63) is 64.1 Å². The molecule has 2 aromatic rings. The van der Waals surface area contributed by atoms with Crippen molar-refractivity contribution >= 4 is 27.8 Å². The highest BCUT2D eigenvalue weighted by Crippen LogP contribution is 2.26. The summed E-state index contributed by atoms with van der Waals surface area (Å²) in [6.45, 7) is 0. The molecule has 0 bridgehead atoms. The van der Waals surface area contributed by atoms with Crippen LogP contribution in [-0.4, -0.2) is 18.0 Å². The van der Waals surface area contributed by atoms with Crippen molar-refractivity contribution in [2.45, 2.75) is 0 Å². The first-order valence-corrected chi connectivity index (χ1v) is 6.74. The second-order valence-electron chi connectivity index (χ2n) is 4.14. The zero-order valence-corrected chi connectivity index (χ0v) is 12.4. The maximum atomic E-state index is 12.0. The number of carbonyl (C=O) groups excluding carboxylic acids is 1. The van der Waals surface area contributed by atoms with Gasteiger partial charge in [-0.3, -0.25) is 4.79 Å². The van der Waals surface area contributed by atoms with Gasteiger partial charge in [0, 0.05) is 10.0 Å². The van der Waals surface area contributed by atoms with Crippen LogP contribution in [0.1, 0.15) is 15.9 Å². The van der Waals surface area contributed by atoms with Gasteiger partial charge < -0.3 is 9.84 Å². The number of ketones is 1. The predicted octanol–water partition coefficient (Wildman–Crippen LogP) is 4.06. The number of phenolic OH excluding ortho intramolecular Hbond substituents is 1. The Kier molecular flexibility index (Phi) is 4.58. The zero-order chi connectivity index (χ0) is 14.5. The summed E-state index contributed by atoms with van der Waals surface area (Å²) in [6, 6.07) is 12.2. The van der Waals surface area contributed by atoms with Crippen molar-refractivity contribution < 1.29 is 14.6 Å². The summed E-state index contributed by atoms with van der Waals surface area (Å²) in [4.78, 5) is 12.0. The van der Waals surface area contributed by atoms with Crippen molar-refractivity contribution in [2.75, 3.05) is 7.11 Å². The quantitative estimate of drug-likeness (QED) is 0.678. The Balaban J connectivity index is 2.20. The number of phenols is 1. The summed E-state index contributed by atoms with van der Waals surface area (Å²) in [6.07, 6.45) is 3.24. The molecule has 0 amide bonds. The van der Waals surface area contributed by atoms with Crippen LogP contribution in [0.4, 0.5) is 0 Å². The molecule has 0 unspecified atom stereocenters. The maximum Gasteiger partial charge on any atom is 0.185 e. The molecule has 0 aromatic heterocycles. The highest BCUT2D eigenvalue weighted by Gasteiger charge is 2.07. The van der Waals surface area contributed by atoms with E-state index in [2.05, 4.69) is 15.9 Å². The van der Waals surface area contributed by atoms with Crippen molar-refractivity contribution in [2.24, 2.45) is 0 Å². The summed E-state index contributed by atoms with van der Waals surface area (Å²) in [5.74, 6) is 0.148. The highest BCUT2D eigenvalue weighted by atomic mass is 79.9. The molecule has 2 aromatic carbocycles. The van der Waals surface area contributed by atoms with Gasteiger partial charge in [-0.2, -0.15) is 0 Å². The number of ether oxygens (including phenoxy) is 1. The molecule has 2 rings (SSSR count). The summed E-state index contributed by atoms with van der Waals surface area (Å²) >= 11 is 3.38. The van der Waals surface area contributed by atoms with Gasteiger partial charge in [-0.25, -0.2) is 0 Å². The number of benzene rings is 2. The minimum Gasteiger partial charge on any atom is -0.504 e. The number of hydrogen-bond donors (Lipinski definition) is 1. The normalized spacial score (nSPS) is 10.7. The molecular weight excluding hydrogens is 320 g/mol.